The van der Waals surface area contributed by atoms with Crippen LogP contribution in [0.2, 0.25) is 0 Å². The molecule has 1 aliphatic rings. The molecule has 0 aliphatic carbocycles. The van der Waals surface area contributed by atoms with Gasteiger partial charge < -0.3 is 4.74 Å². The molecule has 0 saturated carbocycles. The smallest absolute Gasteiger partial charge is 0.323 e. The zero-order chi connectivity index (χ0) is 15.3. The van der Waals surface area contributed by atoms with E-state index in [0.717, 1.165) is 31.7 Å². The molecule has 4 heteroatoms. The average Bonchev–Trinajstić information content (AvgIpc) is 2.86. The van der Waals surface area contributed by atoms with Gasteiger partial charge in [-0.25, -0.2) is 0 Å². The average molecular weight is 307 g/mol. The number of ether oxygens (including phenoxy) is 1. The molecule has 0 radical (unpaired) electrons. The first-order chi connectivity index (χ1) is 9.96. The predicted molar refractivity (Wildman–Crippen MR) is 87.6 cm³/mol. The second kappa shape index (κ2) is 7.32. The van der Waals surface area contributed by atoms with Crippen LogP contribution < -0.4 is 0 Å². The first-order valence-corrected chi connectivity index (χ1v) is 8.59. The van der Waals surface area contributed by atoms with E-state index in [1.54, 1.807) is 0 Å². The van der Waals surface area contributed by atoms with Crippen LogP contribution in [0.5, 0.6) is 0 Å². The minimum absolute atomic E-state index is 0.0550. The summed E-state index contributed by atoms with van der Waals surface area (Å²) in [5, 5.41) is 0. The number of carbonyl (C=O) groups excluding carboxylic acids is 1. The molecule has 1 saturated heterocycles. The Morgan fingerprint density at radius 3 is 2.71 bits per heavy atom. The summed E-state index contributed by atoms with van der Waals surface area (Å²) in [6, 6.07) is 10.3. The summed E-state index contributed by atoms with van der Waals surface area (Å²) in [7, 11) is 0. The Labute approximate surface area is 132 Å². The topological polar surface area (TPSA) is 29.5 Å². The monoisotopic (exact) mass is 307 g/mol. The minimum Gasteiger partial charge on any atom is -0.459 e. The normalized spacial score (nSPS) is 19.7. The highest BCUT2D eigenvalue weighted by atomic mass is 32.2. The van der Waals surface area contributed by atoms with Gasteiger partial charge in [0.25, 0.3) is 0 Å². The van der Waals surface area contributed by atoms with Gasteiger partial charge in [0.1, 0.15) is 11.6 Å². The first kappa shape index (κ1) is 16.4. The highest BCUT2D eigenvalue weighted by Crippen LogP contribution is 2.23. The molecule has 1 fully saturated rings. The van der Waals surface area contributed by atoms with Gasteiger partial charge in [-0.3, -0.25) is 9.69 Å². The molecule has 116 valence electrons. The van der Waals surface area contributed by atoms with Crippen LogP contribution in [0.25, 0.3) is 0 Å². The highest BCUT2D eigenvalue weighted by molar-refractivity contribution is 7.99. The number of likely N-dealkylation sites (tertiary alicyclic amines) is 1. The lowest BCUT2D eigenvalue weighted by Gasteiger charge is -2.27. The van der Waals surface area contributed by atoms with Crippen molar-refractivity contribution in [2.24, 2.45) is 0 Å². The number of thioether (sulfide) groups is 1. The molecule has 1 aromatic rings. The summed E-state index contributed by atoms with van der Waals surface area (Å²) in [5.41, 5.74) is -0.399. The molecule has 2 rings (SSSR count). The number of benzene rings is 1. The Bertz CT molecular complexity index is 456. The summed E-state index contributed by atoms with van der Waals surface area (Å²) < 4.78 is 5.53. The van der Waals surface area contributed by atoms with E-state index in [-0.39, 0.29) is 12.0 Å². The second-order valence-electron chi connectivity index (χ2n) is 6.39. The van der Waals surface area contributed by atoms with E-state index in [4.69, 9.17) is 4.74 Å². The molecule has 0 aromatic heterocycles. The Hall–Kier alpha value is -1.00. The maximum absolute atomic E-state index is 12.2. The Balaban J connectivity index is 1.80. The molecule has 1 atom stereocenters. The molecule has 1 heterocycles. The number of hydrogen-bond acceptors (Lipinski definition) is 4. The van der Waals surface area contributed by atoms with Crippen molar-refractivity contribution in [2.45, 2.75) is 50.2 Å². The quantitative estimate of drug-likeness (QED) is 0.614. The fraction of sp³-hybridized carbons (Fsp3) is 0.588. The molecule has 0 spiro atoms. The summed E-state index contributed by atoms with van der Waals surface area (Å²) in [4.78, 5) is 15.8. The van der Waals surface area contributed by atoms with Gasteiger partial charge in [-0.15, -0.1) is 11.8 Å². The van der Waals surface area contributed by atoms with Crippen molar-refractivity contribution >= 4 is 17.7 Å². The van der Waals surface area contributed by atoms with Gasteiger partial charge in [0.05, 0.1) is 0 Å². The van der Waals surface area contributed by atoms with E-state index in [1.165, 1.54) is 4.90 Å². The van der Waals surface area contributed by atoms with Crippen LogP contribution in [-0.2, 0) is 9.53 Å². The SMILES string of the molecule is CC(C)(C)OC(=O)[C@@H]1CCCN1CCSc1ccccc1. The van der Waals surface area contributed by atoms with Crippen molar-refractivity contribution in [1.29, 1.82) is 0 Å². The lowest BCUT2D eigenvalue weighted by atomic mass is 10.1. The van der Waals surface area contributed by atoms with Crippen LogP contribution in [0.15, 0.2) is 35.2 Å². The molecule has 1 aromatic carbocycles. The fourth-order valence-electron chi connectivity index (χ4n) is 2.53. The van der Waals surface area contributed by atoms with Gasteiger partial charge in [0.15, 0.2) is 0 Å². The van der Waals surface area contributed by atoms with Crippen LogP contribution in [-0.4, -0.2) is 41.4 Å². The number of carbonyl (C=O) groups is 1. The van der Waals surface area contributed by atoms with Crippen molar-refractivity contribution < 1.29 is 9.53 Å². The van der Waals surface area contributed by atoms with E-state index >= 15 is 0 Å². The zero-order valence-corrected chi connectivity index (χ0v) is 14.0. The number of rotatable bonds is 5. The van der Waals surface area contributed by atoms with Gasteiger partial charge in [0, 0.05) is 17.2 Å². The molecule has 0 amide bonds. The van der Waals surface area contributed by atoms with E-state index in [0.29, 0.717) is 0 Å². The minimum atomic E-state index is -0.399. The van der Waals surface area contributed by atoms with E-state index in [1.807, 2.05) is 38.6 Å². The lowest BCUT2D eigenvalue weighted by molar-refractivity contribution is -0.160. The Kier molecular flexibility index (Phi) is 5.71. The molecule has 3 nitrogen and oxygen atoms in total. The third-order valence-electron chi connectivity index (χ3n) is 3.43. The van der Waals surface area contributed by atoms with E-state index in [2.05, 4.69) is 29.2 Å². The molecular formula is C17H25NO2S. The fourth-order valence-corrected chi connectivity index (χ4v) is 3.44. The van der Waals surface area contributed by atoms with Gasteiger partial charge in [-0.2, -0.15) is 0 Å². The van der Waals surface area contributed by atoms with Crippen LogP contribution in [0.1, 0.15) is 33.6 Å². The van der Waals surface area contributed by atoms with Crippen molar-refractivity contribution in [3.63, 3.8) is 0 Å². The van der Waals surface area contributed by atoms with Gasteiger partial charge in [0.2, 0.25) is 0 Å². The van der Waals surface area contributed by atoms with Gasteiger partial charge in [-0.1, -0.05) is 18.2 Å². The van der Waals surface area contributed by atoms with Crippen LogP contribution >= 0.6 is 11.8 Å². The Morgan fingerprint density at radius 1 is 1.33 bits per heavy atom. The third kappa shape index (κ3) is 5.36. The van der Waals surface area contributed by atoms with Gasteiger partial charge in [-0.05, 0) is 52.3 Å². The van der Waals surface area contributed by atoms with Crippen LogP contribution in [0.3, 0.4) is 0 Å². The molecule has 0 bridgehead atoms. The number of hydrogen-bond donors (Lipinski definition) is 0. The molecule has 1 aliphatic heterocycles. The van der Waals surface area contributed by atoms with Crippen molar-refractivity contribution in [1.82, 2.24) is 4.90 Å². The lowest BCUT2D eigenvalue weighted by Crippen LogP contribution is -2.41. The molecule has 0 N–H and O–H groups in total. The van der Waals surface area contributed by atoms with Crippen molar-refractivity contribution in [3.05, 3.63) is 30.3 Å². The van der Waals surface area contributed by atoms with Crippen molar-refractivity contribution in [2.75, 3.05) is 18.8 Å². The van der Waals surface area contributed by atoms with E-state index in [9.17, 15) is 4.79 Å². The van der Waals surface area contributed by atoms with Crippen LogP contribution in [0, 0.1) is 0 Å². The summed E-state index contributed by atoms with van der Waals surface area (Å²) in [5.74, 6) is 0.938. The number of nitrogens with zero attached hydrogens (tertiary/aromatic N) is 1. The second-order valence-corrected chi connectivity index (χ2v) is 7.56. The standard InChI is InChI=1S/C17H25NO2S/c1-17(2,3)20-16(19)15-10-7-11-18(15)12-13-21-14-8-5-4-6-9-14/h4-6,8-9,15H,7,10-13H2,1-3H3/t15-/m0/s1. The predicted octanol–water partition coefficient (Wildman–Crippen LogP) is 3.58. The first-order valence-electron chi connectivity index (χ1n) is 7.60. The molecule has 21 heavy (non-hydrogen) atoms. The summed E-state index contributed by atoms with van der Waals surface area (Å²) >= 11 is 1.84. The largest absolute Gasteiger partial charge is 0.459 e. The van der Waals surface area contributed by atoms with Gasteiger partial charge >= 0.3 is 5.97 Å². The maximum atomic E-state index is 12.2. The molecule has 0 unspecified atom stereocenters. The Morgan fingerprint density at radius 2 is 2.05 bits per heavy atom. The summed E-state index contributed by atoms with van der Waals surface area (Å²) in [6.45, 7) is 7.71. The third-order valence-corrected chi connectivity index (χ3v) is 4.43. The van der Waals surface area contributed by atoms with E-state index < -0.39 is 5.60 Å². The number of esters is 1. The van der Waals surface area contributed by atoms with Crippen molar-refractivity contribution in [3.8, 4) is 0 Å². The molecular weight excluding hydrogens is 282 g/mol. The maximum Gasteiger partial charge on any atom is 0.323 e. The summed E-state index contributed by atoms with van der Waals surface area (Å²) in [6.07, 6.45) is 2.00. The van der Waals surface area contributed by atoms with Crippen LogP contribution in [0.4, 0.5) is 0 Å². The zero-order valence-electron chi connectivity index (χ0n) is 13.2. The highest BCUT2D eigenvalue weighted by Gasteiger charge is 2.33.